The average Bonchev–Trinajstić information content (AvgIpc) is 3.24. The standard InChI is InChI=1S/C21H16F3N3O4/c22-21(23,24)11-27-18(16(9-25-27)19(28)29)26-20(30)31-10-17-14-7-3-1-5-12(14)13-6-2-4-8-15(13)17/h1-9,17H,10-11H2,(H,26,30)(H,28,29). The molecule has 31 heavy (non-hydrogen) atoms. The molecule has 1 aliphatic rings. The molecule has 1 aliphatic carbocycles. The number of benzene rings is 2. The Labute approximate surface area is 174 Å². The van der Waals surface area contributed by atoms with Gasteiger partial charge in [-0.15, -0.1) is 0 Å². The fraction of sp³-hybridized carbons (Fsp3) is 0.190. The molecule has 7 nitrogen and oxygen atoms in total. The second-order valence-electron chi connectivity index (χ2n) is 6.94. The third-order valence-corrected chi connectivity index (χ3v) is 4.96. The molecule has 4 rings (SSSR count). The lowest BCUT2D eigenvalue weighted by Gasteiger charge is -2.15. The number of carboxylic acids is 1. The normalized spacial score (nSPS) is 12.9. The van der Waals surface area contributed by atoms with Gasteiger partial charge in [-0.25, -0.2) is 14.3 Å². The van der Waals surface area contributed by atoms with E-state index in [2.05, 4.69) is 10.4 Å². The molecule has 0 spiro atoms. The van der Waals surface area contributed by atoms with Crippen molar-refractivity contribution in [1.29, 1.82) is 0 Å². The van der Waals surface area contributed by atoms with Crippen molar-refractivity contribution < 1.29 is 32.6 Å². The minimum absolute atomic E-state index is 0.0737. The molecule has 0 atom stereocenters. The van der Waals surface area contributed by atoms with Gasteiger partial charge in [0.25, 0.3) is 0 Å². The number of halogens is 3. The van der Waals surface area contributed by atoms with Gasteiger partial charge in [-0.1, -0.05) is 48.5 Å². The molecule has 160 valence electrons. The molecule has 2 aromatic carbocycles. The van der Waals surface area contributed by atoms with Gasteiger partial charge in [0.1, 0.15) is 24.5 Å². The number of nitrogens with one attached hydrogen (secondary N) is 1. The van der Waals surface area contributed by atoms with E-state index in [1.807, 2.05) is 48.5 Å². The van der Waals surface area contributed by atoms with Gasteiger partial charge in [-0.05, 0) is 22.3 Å². The Morgan fingerprint density at radius 2 is 1.65 bits per heavy atom. The second kappa shape index (κ2) is 7.78. The molecule has 0 aliphatic heterocycles. The van der Waals surface area contributed by atoms with Gasteiger partial charge in [0.05, 0.1) is 6.20 Å². The molecule has 3 aromatic rings. The van der Waals surface area contributed by atoms with Gasteiger partial charge in [-0.2, -0.15) is 18.3 Å². The third kappa shape index (κ3) is 4.09. The maximum atomic E-state index is 12.8. The van der Waals surface area contributed by atoms with Crippen molar-refractivity contribution in [3.8, 4) is 11.1 Å². The average molecular weight is 431 g/mol. The zero-order valence-electron chi connectivity index (χ0n) is 15.9. The fourth-order valence-electron chi connectivity index (χ4n) is 3.69. The van der Waals surface area contributed by atoms with E-state index in [1.165, 1.54) is 0 Å². The molecule has 0 saturated heterocycles. The molecule has 0 bridgehead atoms. The van der Waals surface area contributed by atoms with Gasteiger partial charge >= 0.3 is 18.2 Å². The zero-order valence-corrected chi connectivity index (χ0v) is 15.9. The zero-order chi connectivity index (χ0) is 22.2. The van der Waals surface area contributed by atoms with Crippen LogP contribution < -0.4 is 5.32 Å². The number of alkyl halides is 3. The number of amides is 1. The molecule has 10 heteroatoms. The van der Waals surface area contributed by atoms with E-state index in [-0.39, 0.29) is 12.5 Å². The van der Waals surface area contributed by atoms with Crippen LogP contribution >= 0.6 is 0 Å². The Balaban J connectivity index is 1.52. The summed E-state index contributed by atoms with van der Waals surface area (Å²) in [5, 5.41) is 14.7. The van der Waals surface area contributed by atoms with E-state index < -0.39 is 36.2 Å². The van der Waals surface area contributed by atoms with Gasteiger partial charge in [0, 0.05) is 5.92 Å². The van der Waals surface area contributed by atoms with E-state index in [0.29, 0.717) is 4.68 Å². The first-order valence-electron chi connectivity index (χ1n) is 9.22. The highest BCUT2D eigenvalue weighted by Gasteiger charge is 2.32. The smallest absolute Gasteiger partial charge is 0.412 e. The number of anilines is 1. The highest BCUT2D eigenvalue weighted by atomic mass is 19.4. The summed E-state index contributed by atoms with van der Waals surface area (Å²) in [5.74, 6) is -2.37. The van der Waals surface area contributed by atoms with Crippen molar-refractivity contribution in [2.24, 2.45) is 0 Å². The molecule has 1 heterocycles. The highest BCUT2D eigenvalue weighted by molar-refractivity contribution is 5.97. The molecule has 0 radical (unpaired) electrons. The van der Waals surface area contributed by atoms with E-state index >= 15 is 0 Å². The fourth-order valence-corrected chi connectivity index (χ4v) is 3.69. The maximum absolute atomic E-state index is 12.8. The Kier molecular flexibility index (Phi) is 5.14. The summed E-state index contributed by atoms with van der Waals surface area (Å²) in [7, 11) is 0. The molecule has 0 saturated carbocycles. The number of hydrogen-bond acceptors (Lipinski definition) is 4. The van der Waals surface area contributed by atoms with Crippen LogP contribution in [0.3, 0.4) is 0 Å². The van der Waals surface area contributed by atoms with Crippen molar-refractivity contribution in [3.05, 3.63) is 71.4 Å². The molecule has 0 fully saturated rings. The first kappa shape index (κ1) is 20.5. The van der Waals surface area contributed by atoms with Crippen LogP contribution in [0.4, 0.5) is 23.8 Å². The lowest BCUT2D eigenvalue weighted by atomic mass is 9.98. The molecule has 1 amide bonds. The topological polar surface area (TPSA) is 93.5 Å². The molecular weight excluding hydrogens is 415 g/mol. The summed E-state index contributed by atoms with van der Waals surface area (Å²) in [5.41, 5.74) is 3.39. The summed E-state index contributed by atoms with van der Waals surface area (Å²) < 4.78 is 43.9. The number of nitrogens with zero attached hydrogens (tertiary/aromatic N) is 2. The number of carbonyl (C=O) groups is 2. The van der Waals surface area contributed by atoms with Crippen molar-refractivity contribution in [1.82, 2.24) is 9.78 Å². The lowest BCUT2D eigenvalue weighted by Crippen LogP contribution is -2.24. The number of rotatable bonds is 5. The predicted molar refractivity (Wildman–Crippen MR) is 104 cm³/mol. The number of aromatic nitrogens is 2. The minimum atomic E-state index is -4.65. The van der Waals surface area contributed by atoms with Crippen molar-refractivity contribution in [2.45, 2.75) is 18.6 Å². The minimum Gasteiger partial charge on any atom is -0.477 e. The van der Waals surface area contributed by atoms with E-state index in [4.69, 9.17) is 4.74 Å². The lowest BCUT2D eigenvalue weighted by molar-refractivity contribution is -0.142. The second-order valence-corrected chi connectivity index (χ2v) is 6.94. The monoisotopic (exact) mass is 431 g/mol. The van der Waals surface area contributed by atoms with Crippen molar-refractivity contribution in [2.75, 3.05) is 11.9 Å². The highest BCUT2D eigenvalue weighted by Crippen LogP contribution is 2.44. The molecule has 2 N–H and O–H groups in total. The number of carbonyl (C=O) groups excluding carboxylic acids is 1. The molecule has 0 unspecified atom stereocenters. The van der Waals surface area contributed by atoms with E-state index in [9.17, 15) is 27.9 Å². The largest absolute Gasteiger partial charge is 0.477 e. The van der Waals surface area contributed by atoms with Gasteiger partial charge in [0.2, 0.25) is 0 Å². The van der Waals surface area contributed by atoms with Gasteiger partial charge in [0.15, 0.2) is 0 Å². The summed E-state index contributed by atoms with van der Waals surface area (Å²) in [6, 6.07) is 15.3. The van der Waals surface area contributed by atoms with E-state index in [0.717, 1.165) is 28.5 Å². The predicted octanol–water partition coefficient (Wildman–Crippen LogP) is 4.50. The number of carboxylic acid groups (broad SMARTS) is 1. The Bertz CT molecular complexity index is 1110. The van der Waals surface area contributed by atoms with Crippen LogP contribution in [0, 0.1) is 0 Å². The first-order chi connectivity index (χ1) is 14.7. The Hall–Kier alpha value is -3.82. The summed E-state index contributed by atoms with van der Waals surface area (Å²) in [6.45, 7) is -1.63. The number of hydrogen-bond donors (Lipinski definition) is 2. The van der Waals surface area contributed by atoms with Crippen LogP contribution in [0.15, 0.2) is 54.7 Å². The van der Waals surface area contributed by atoms with E-state index in [1.54, 1.807) is 0 Å². The third-order valence-electron chi connectivity index (χ3n) is 4.96. The maximum Gasteiger partial charge on any atom is 0.412 e. The van der Waals surface area contributed by atoms with Crippen molar-refractivity contribution >= 4 is 17.9 Å². The van der Waals surface area contributed by atoms with Gasteiger partial charge < -0.3 is 9.84 Å². The molecule has 1 aromatic heterocycles. The molecular formula is C21H16F3N3O4. The number of ether oxygens (including phenoxy) is 1. The van der Waals surface area contributed by atoms with Crippen LogP contribution in [0.1, 0.15) is 27.4 Å². The SMILES string of the molecule is O=C(Nc1c(C(=O)O)cnn1CC(F)(F)F)OCC1c2ccccc2-c2ccccc21. The summed E-state index contributed by atoms with van der Waals surface area (Å²) >= 11 is 0. The van der Waals surface area contributed by atoms with Crippen LogP contribution in [0.25, 0.3) is 11.1 Å². The summed E-state index contributed by atoms with van der Waals surface area (Å²) in [4.78, 5) is 23.6. The number of aromatic carboxylic acids is 1. The van der Waals surface area contributed by atoms with Crippen molar-refractivity contribution in [3.63, 3.8) is 0 Å². The number of fused-ring (bicyclic) bond motifs is 3. The van der Waals surface area contributed by atoms with Crippen LogP contribution in [-0.4, -0.2) is 39.7 Å². The van der Waals surface area contributed by atoms with Crippen LogP contribution in [-0.2, 0) is 11.3 Å². The quantitative estimate of drug-likeness (QED) is 0.620. The van der Waals surface area contributed by atoms with Crippen LogP contribution in [0.5, 0.6) is 0 Å². The Morgan fingerprint density at radius 1 is 1.06 bits per heavy atom. The summed E-state index contributed by atoms with van der Waals surface area (Å²) in [6.07, 6.45) is -4.99. The van der Waals surface area contributed by atoms with Crippen LogP contribution in [0.2, 0.25) is 0 Å². The first-order valence-corrected chi connectivity index (χ1v) is 9.22. The Morgan fingerprint density at radius 3 is 2.19 bits per heavy atom. The van der Waals surface area contributed by atoms with Gasteiger partial charge in [-0.3, -0.25) is 5.32 Å².